The summed E-state index contributed by atoms with van der Waals surface area (Å²) in [6.07, 6.45) is 3.29. The molecule has 1 aliphatic heterocycles. The zero-order valence-corrected chi connectivity index (χ0v) is 20.6. The lowest BCUT2D eigenvalue weighted by molar-refractivity contribution is -0.140. The smallest absolute Gasteiger partial charge is 0.322 e. The van der Waals surface area contributed by atoms with Crippen LogP contribution in [0.4, 0.5) is 14.9 Å². The van der Waals surface area contributed by atoms with E-state index in [-0.39, 0.29) is 24.4 Å². The minimum atomic E-state index is -1.08. The molecule has 0 atom stereocenters. The third-order valence-electron chi connectivity index (χ3n) is 6.76. The van der Waals surface area contributed by atoms with Crippen LogP contribution in [0.2, 0.25) is 0 Å². The van der Waals surface area contributed by atoms with E-state index < -0.39 is 17.4 Å². The van der Waals surface area contributed by atoms with Crippen LogP contribution in [0.25, 0.3) is 0 Å². The molecule has 4 N–H and O–H groups in total. The maximum atomic E-state index is 13.4. The molecule has 8 nitrogen and oxygen atoms in total. The van der Waals surface area contributed by atoms with Crippen molar-refractivity contribution in [2.24, 2.45) is 0 Å². The molecule has 2 aromatic carbocycles. The third kappa shape index (κ3) is 6.60. The molecule has 1 fully saturated rings. The molecular formula is C27H33FN4O4. The quantitative estimate of drug-likeness (QED) is 0.476. The van der Waals surface area contributed by atoms with Gasteiger partial charge in [0, 0.05) is 31.4 Å². The monoisotopic (exact) mass is 496 g/mol. The predicted octanol–water partition coefficient (Wildman–Crippen LogP) is 3.40. The minimum Gasteiger partial charge on any atom is -0.389 e. The predicted molar refractivity (Wildman–Crippen MR) is 134 cm³/mol. The first-order valence-corrected chi connectivity index (χ1v) is 12.3. The van der Waals surface area contributed by atoms with Crippen LogP contribution in [-0.4, -0.2) is 46.0 Å². The van der Waals surface area contributed by atoms with Crippen LogP contribution in [0.15, 0.2) is 42.5 Å². The van der Waals surface area contributed by atoms with E-state index in [1.165, 1.54) is 17.7 Å². The molecule has 0 spiro atoms. The van der Waals surface area contributed by atoms with Gasteiger partial charge in [-0.15, -0.1) is 0 Å². The van der Waals surface area contributed by atoms with E-state index in [0.29, 0.717) is 24.7 Å². The molecule has 0 unspecified atom stereocenters. The van der Waals surface area contributed by atoms with Crippen molar-refractivity contribution in [3.05, 3.63) is 65.0 Å². The fourth-order valence-corrected chi connectivity index (χ4v) is 4.75. The number of anilines is 1. The van der Waals surface area contributed by atoms with Gasteiger partial charge in [-0.3, -0.25) is 9.59 Å². The van der Waals surface area contributed by atoms with Crippen molar-refractivity contribution in [2.45, 2.75) is 70.2 Å². The lowest BCUT2D eigenvalue weighted by Crippen LogP contribution is -2.48. The summed E-state index contributed by atoms with van der Waals surface area (Å²) in [5, 5.41) is 17.8. The van der Waals surface area contributed by atoms with Crippen molar-refractivity contribution in [1.29, 1.82) is 0 Å². The highest BCUT2D eigenvalue weighted by Crippen LogP contribution is 2.33. The second kappa shape index (κ2) is 10.7. The number of halogens is 1. The van der Waals surface area contributed by atoms with Crippen molar-refractivity contribution in [2.75, 3.05) is 11.9 Å². The van der Waals surface area contributed by atoms with E-state index in [2.05, 4.69) is 16.0 Å². The topological polar surface area (TPSA) is 111 Å². The van der Waals surface area contributed by atoms with Crippen LogP contribution < -0.4 is 16.0 Å². The Morgan fingerprint density at radius 3 is 2.31 bits per heavy atom. The van der Waals surface area contributed by atoms with Crippen LogP contribution in [0, 0.1) is 5.82 Å². The Morgan fingerprint density at radius 1 is 0.972 bits per heavy atom. The van der Waals surface area contributed by atoms with Crippen LogP contribution >= 0.6 is 0 Å². The second-order valence-corrected chi connectivity index (χ2v) is 10.3. The Kier molecular flexibility index (Phi) is 7.59. The molecule has 0 bridgehead atoms. The molecule has 1 saturated carbocycles. The number of carbonyl (C=O) groups excluding carboxylic acids is 3. The molecule has 0 radical (unpaired) electrons. The number of hydrogen-bond donors (Lipinski definition) is 4. The Bertz CT molecular complexity index is 1120. The summed E-state index contributed by atoms with van der Waals surface area (Å²) in [4.78, 5) is 38.4. The highest BCUT2D eigenvalue weighted by molar-refractivity contribution is 6.35. The minimum absolute atomic E-state index is 0.00804. The largest absolute Gasteiger partial charge is 0.389 e. The van der Waals surface area contributed by atoms with Crippen molar-refractivity contribution in [3.63, 3.8) is 0 Å². The lowest BCUT2D eigenvalue weighted by Gasteiger charge is -2.29. The molecule has 2 aliphatic rings. The van der Waals surface area contributed by atoms with Gasteiger partial charge in [0.25, 0.3) is 0 Å². The number of carbonyl (C=O) groups is 3. The molecule has 1 aliphatic carbocycles. The average Bonchev–Trinajstić information content (AvgIpc) is 3.26. The van der Waals surface area contributed by atoms with Crippen LogP contribution in [0.5, 0.6) is 0 Å². The SMILES string of the molecule is CC(C)(O)CNC(=O)C(=O)NC1CCC(c2ccc(NC(=O)N3Cc4ccc(F)cc4C3)cc2)CC1. The molecule has 2 aromatic rings. The number of nitrogens with zero attached hydrogens (tertiary/aromatic N) is 1. The van der Waals surface area contributed by atoms with Crippen LogP contribution in [0.3, 0.4) is 0 Å². The van der Waals surface area contributed by atoms with Crippen molar-refractivity contribution < 1.29 is 23.9 Å². The van der Waals surface area contributed by atoms with Crippen molar-refractivity contribution in [3.8, 4) is 0 Å². The van der Waals surface area contributed by atoms with Gasteiger partial charge in [0.2, 0.25) is 0 Å². The van der Waals surface area contributed by atoms with E-state index in [1.54, 1.807) is 24.8 Å². The number of amides is 4. The fraction of sp³-hybridized carbons (Fsp3) is 0.444. The number of rotatable bonds is 5. The first-order valence-electron chi connectivity index (χ1n) is 12.3. The van der Waals surface area contributed by atoms with Gasteiger partial charge in [0.1, 0.15) is 5.82 Å². The van der Waals surface area contributed by atoms with Gasteiger partial charge in [0.15, 0.2) is 0 Å². The summed E-state index contributed by atoms with van der Waals surface area (Å²) in [7, 11) is 0. The van der Waals surface area contributed by atoms with Crippen LogP contribution in [0.1, 0.15) is 62.1 Å². The van der Waals surface area contributed by atoms with E-state index >= 15 is 0 Å². The fourth-order valence-electron chi connectivity index (χ4n) is 4.75. The zero-order chi connectivity index (χ0) is 25.9. The van der Waals surface area contributed by atoms with E-state index in [0.717, 1.165) is 36.8 Å². The number of aliphatic hydroxyl groups is 1. The number of fused-ring (bicyclic) bond motifs is 1. The Balaban J connectivity index is 1.22. The van der Waals surface area contributed by atoms with E-state index in [1.807, 2.05) is 24.3 Å². The molecule has 1 heterocycles. The molecule has 4 rings (SSSR count). The number of benzene rings is 2. The van der Waals surface area contributed by atoms with Gasteiger partial charge in [-0.1, -0.05) is 18.2 Å². The number of hydrogen-bond acceptors (Lipinski definition) is 4. The molecule has 0 aromatic heterocycles. The molecule has 36 heavy (non-hydrogen) atoms. The Morgan fingerprint density at radius 2 is 1.64 bits per heavy atom. The summed E-state index contributed by atoms with van der Waals surface area (Å²) in [5.74, 6) is -1.36. The first kappa shape index (κ1) is 25.6. The molecule has 0 saturated heterocycles. The van der Waals surface area contributed by atoms with Gasteiger partial charge in [-0.2, -0.15) is 0 Å². The molecule has 9 heteroatoms. The van der Waals surface area contributed by atoms with Gasteiger partial charge in [-0.25, -0.2) is 9.18 Å². The normalized spacial score (nSPS) is 19.4. The first-order chi connectivity index (χ1) is 17.1. The average molecular weight is 497 g/mol. The van der Waals surface area contributed by atoms with Crippen LogP contribution in [-0.2, 0) is 22.7 Å². The maximum absolute atomic E-state index is 13.4. The third-order valence-corrected chi connectivity index (χ3v) is 6.76. The summed E-state index contributed by atoms with van der Waals surface area (Å²) >= 11 is 0. The molecule has 192 valence electrons. The van der Waals surface area contributed by atoms with Gasteiger partial charge in [0.05, 0.1) is 5.60 Å². The number of nitrogens with one attached hydrogen (secondary N) is 3. The molecule has 4 amide bonds. The number of urea groups is 1. The van der Waals surface area contributed by atoms with Crippen molar-refractivity contribution >= 4 is 23.5 Å². The summed E-state index contributed by atoms with van der Waals surface area (Å²) in [6, 6.07) is 12.1. The maximum Gasteiger partial charge on any atom is 0.322 e. The standard InChI is InChI=1S/C27H33FN4O4/c1-27(2,36)16-29-24(33)25(34)30-22-9-4-17(5-10-22)18-6-11-23(12-7-18)31-26(35)32-14-19-3-8-21(28)13-20(19)15-32/h3,6-8,11-13,17,22,36H,4-5,9-10,14-16H2,1-2H3,(H,29,33)(H,30,34)(H,31,35). The summed E-state index contributed by atoms with van der Waals surface area (Å²) in [6.45, 7) is 3.97. The Labute approximate surface area is 210 Å². The van der Waals surface area contributed by atoms with E-state index in [4.69, 9.17) is 0 Å². The highest BCUT2D eigenvalue weighted by atomic mass is 19.1. The van der Waals surface area contributed by atoms with Gasteiger partial charge >= 0.3 is 17.8 Å². The summed E-state index contributed by atoms with van der Waals surface area (Å²) in [5.41, 5.74) is 2.59. The highest BCUT2D eigenvalue weighted by Gasteiger charge is 2.27. The van der Waals surface area contributed by atoms with Gasteiger partial charge in [-0.05, 0) is 86.4 Å². The Hall–Kier alpha value is -3.46. The zero-order valence-electron chi connectivity index (χ0n) is 20.6. The van der Waals surface area contributed by atoms with Gasteiger partial charge < -0.3 is 26.0 Å². The van der Waals surface area contributed by atoms with E-state index in [9.17, 15) is 23.9 Å². The van der Waals surface area contributed by atoms with Crippen molar-refractivity contribution in [1.82, 2.24) is 15.5 Å². The lowest BCUT2D eigenvalue weighted by atomic mass is 9.81. The molecular weight excluding hydrogens is 463 g/mol. The summed E-state index contributed by atoms with van der Waals surface area (Å²) < 4.78 is 13.4. The second-order valence-electron chi connectivity index (χ2n) is 10.3.